The molecule has 1 unspecified atom stereocenters. The molecule has 0 saturated carbocycles. The molecule has 0 radical (unpaired) electrons. The van der Waals surface area contributed by atoms with Gasteiger partial charge in [0.2, 0.25) is 5.95 Å². The maximum Gasteiger partial charge on any atom is 0.237 e. The average Bonchev–Trinajstić information content (AvgIpc) is 3.60. The Morgan fingerprint density at radius 1 is 0.774 bits per heavy atom. The second kappa shape index (κ2) is 15.7. The lowest BCUT2D eigenvalue weighted by molar-refractivity contribution is 0.673. The molecule has 1 aromatic heterocycles. The highest BCUT2D eigenvalue weighted by molar-refractivity contribution is 6.03. The molecule has 6 aromatic rings. The molecule has 6 nitrogen and oxygen atoms in total. The van der Waals surface area contributed by atoms with Crippen LogP contribution in [0.4, 0.5) is 11.6 Å². The second-order valence-corrected chi connectivity index (χ2v) is 13.1. The van der Waals surface area contributed by atoms with Gasteiger partial charge in [0.25, 0.3) is 0 Å². The fourth-order valence-corrected chi connectivity index (χ4v) is 6.96. The van der Waals surface area contributed by atoms with Crippen molar-refractivity contribution in [1.82, 2.24) is 9.55 Å². The normalized spacial score (nSPS) is 15.3. The third-order valence-electron chi connectivity index (χ3n) is 9.71. The number of nitrogens with zero attached hydrogens (tertiary/aromatic N) is 5. The molecule has 1 N–H and O–H groups in total. The quantitative estimate of drug-likeness (QED) is 0.115. The van der Waals surface area contributed by atoms with Crippen LogP contribution in [-0.2, 0) is 6.42 Å². The molecule has 0 aliphatic heterocycles. The van der Waals surface area contributed by atoms with Crippen LogP contribution in [0.25, 0.3) is 39.6 Å². The van der Waals surface area contributed by atoms with E-state index in [0.717, 1.165) is 69.8 Å². The van der Waals surface area contributed by atoms with Crippen LogP contribution in [0.3, 0.4) is 0 Å². The van der Waals surface area contributed by atoms with E-state index in [0.29, 0.717) is 24.2 Å². The third kappa shape index (κ3) is 7.39. The van der Waals surface area contributed by atoms with E-state index in [4.69, 9.17) is 15.0 Å². The van der Waals surface area contributed by atoms with Crippen LogP contribution in [0, 0.1) is 5.92 Å². The van der Waals surface area contributed by atoms with Gasteiger partial charge in [0.05, 0.1) is 23.4 Å². The molecule has 0 spiro atoms. The Labute approximate surface area is 311 Å². The molecular weight excluding hydrogens is 649 g/mol. The van der Waals surface area contributed by atoms with Crippen molar-refractivity contribution in [3.8, 4) is 27.9 Å². The van der Waals surface area contributed by atoms with Crippen molar-refractivity contribution in [3.05, 3.63) is 180 Å². The Balaban J connectivity index is 1.07. The Morgan fingerprint density at radius 3 is 2.23 bits per heavy atom. The zero-order valence-electron chi connectivity index (χ0n) is 29.5. The van der Waals surface area contributed by atoms with Crippen LogP contribution < -0.4 is 5.32 Å². The van der Waals surface area contributed by atoms with Crippen LogP contribution in [0.2, 0.25) is 0 Å². The van der Waals surface area contributed by atoms with Gasteiger partial charge in [-0.15, -0.1) is 0 Å². The number of nitrogens with one attached hydrogen (secondary N) is 1. The number of imidazole rings is 1. The summed E-state index contributed by atoms with van der Waals surface area (Å²) in [4.78, 5) is 19.3. The van der Waals surface area contributed by atoms with E-state index in [1.807, 2.05) is 42.7 Å². The molecule has 1 atom stereocenters. The first-order valence-electron chi connectivity index (χ1n) is 18.1. The summed E-state index contributed by atoms with van der Waals surface area (Å²) in [5.74, 6) is 1.46. The van der Waals surface area contributed by atoms with Crippen molar-refractivity contribution >= 4 is 42.2 Å². The van der Waals surface area contributed by atoms with Crippen molar-refractivity contribution < 1.29 is 0 Å². The number of allylic oxidation sites excluding steroid dienone is 4. The summed E-state index contributed by atoms with van der Waals surface area (Å²) in [7, 11) is 0. The number of fused-ring (bicyclic) bond motifs is 1. The topological polar surface area (TPSA) is 66.9 Å². The van der Waals surface area contributed by atoms with Crippen LogP contribution in [0.5, 0.6) is 0 Å². The molecule has 5 aromatic carbocycles. The van der Waals surface area contributed by atoms with Crippen molar-refractivity contribution in [2.45, 2.75) is 19.3 Å². The molecule has 2 aliphatic rings. The van der Waals surface area contributed by atoms with Crippen LogP contribution >= 0.6 is 0 Å². The van der Waals surface area contributed by atoms with E-state index in [2.05, 4.69) is 149 Å². The summed E-state index contributed by atoms with van der Waals surface area (Å²) >= 11 is 0. The molecule has 0 amide bonds. The zero-order chi connectivity index (χ0) is 35.8. The first-order chi connectivity index (χ1) is 26.2. The summed E-state index contributed by atoms with van der Waals surface area (Å²) in [6, 6.07) is 45.9. The minimum atomic E-state index is 0.368. The number of rotatable bonds is 10. The van der Waals surface area contributed by atoms with E-state index < -0.39 is 0 Å². The summed E-state index contributed by atoms with van der Waals surface area (Å²) in [5, 5.41) is 3.49. The molecule has 0 fully saturated rings. The Morgan fingerprint density at radius 2 is 1.47 bits per heavy atom. The lowest BCUT2D eigenvalue weighted by Gasteiger charge is -2.17. The maximum absolute atomic E-state index is 5.08. The summed E-state index contributed by atoms with van der Waals surface area (Å²) in [6.45, 7) is 4.61. The minimum Gasteiger partial charge on any atom is -0.346 e. The predicted molar refractivity (Wildman–Crippen MR) is 223 cm³/mol. The van der Waals surface area contributed by atoms with Crippen molar-refractivity contribution in [2.24, 2.45) is 20.9 Å². The molecule has 6 heteroatoms. The Hall–Kier alpha value is -6.66. The maximum atomic E-state index is 5.08. The Bertz CT molecular complexity index is 2380. The SMILES string of the molecule is C=N/C(=N\c1nc2c(n1-c1ccccc1-c1ccccc1NC=NCC1C=CC(c3ccccc3)=CC1)C=CCC2)c1ccc(-c2ccccc2)cc1. The van der Waals surface area contributed by atoms with Gasteiger partial charge < -0.3 is 5.32 Å². The van der Waals surface area contributed by atoms with Crippen molar-refractivity contribution in [1.29, 1.82) is 0 Å². The van der Waals surface area contributed by atoms with E-state index in [-0.39, 0.29) is 0 Å². The monoisotopic (exact) mass is 688 g/mol. The fourth-order valence-electron chi connectivity index (χ4n) is 6.96. The molecule has 258 valence electrons. The van der Waals surface area contributed by atoms with Crippen LogP contribution in [-0.4, -0.2) is 35.0 Å². The highest BCUT2D eigenvalue weighted by Crippen LogP contribution is 2.37. The van der Waals surface area contributed by atoms with E-state index in [1.165, 1.54) is 11.1 Å². The predicted octanol–water partition coefficient (Wildman–Crippen LogP) is 11.0. The van der Waals surface area contributed by atoms with Gasteiger partial charge in [-0.05, 0) is 66.5 Å². The number of aliphatic imine (C=N–C) groups is 3. The Kier molecular flexibility index (Phi) is 9.92. The number of hydrogen-bond acceptors (Lipinski definition) is 3. The molecular formula is C47H40N6. The zero-order valence-corrected chi connectivity index (χ0v) is 29.5. The number of amidine groups is 1. The summed E-state index contributed by atoms with van der Waals surface area (Å²) in [6.07, 6.45) is 15.8. The van der Waals surface area contributed by atoms with Gasteiger partial charge in [-0.2, -0.15) is 4.99 Å². The summed E-state index contributed by atoms with van der Waals surface area (Å²) < 4.78 is 2.15. The molecule has 1 heterocycles. The largest absolute Gasteiger partial charge is 0.346 e. The van der Waals surface area contributed by atoms with Gasteiger partial charge in [0.15, 0.2) is 5.84 Å². The molecule has 0 bridgehead atoms. The fraction of sp³-hybridized carbons (Fsp3) is 0.106. The van der Waals surface area contributed by atoms with Gasteiger partial charge in [-0.3, -0.25) is 9.56 Å². The number of aromatic nitrogens is 2. The van der Waals surface area contributed by atoms with Gasteiger partial charge in [0.1, 0.15) is 0 Å². The van der Waals surface area contributed by atoms with Crippen LogP contribution in [0.15, 0.2) is 173 Å². The highest BCUT2D eigenvalue weighted by Gasteiger charge is 2.22. The number of benzene rings is 5. The third-order valence-corrected chi connectivity index (χ3v) is 9.71. The van der Waals surface area contributed by atoms with E-state index in [1.54, 1.807) is 0 Å². The highest BCUT2D eigenvalue weighted by atomic mass is 15.2. The number of aryl methyl sites for hydroxylation is 1. The lowest BCUT2D eigenvalue weighted by atomic mass is 9.93. The number of hydrogen-bond donors (Lipinski definition) is 1. The average molecular weight is 689 g/mol. The number of para-hydroxylation sites is 2. The van der Waals surface area contributed by atoms with Gasteiger partial charge in [-0.25, -0.2) is 9.98 Å². The molecule has 2 aliphatic carbocycles. The smallest absolute Gasteiger partial charge is 0.237 e. The lowest BCUT2D eigenvalue weighted by Crippen LogP contribution is -2.06. The van der Waals surface area contributed by atoms with Crippen LogP contribution in [0.1, 0.15) is 35.4 Å². The first-order valence-corrected chi connectivity index (χ1v) is 18.1. The number of anilines is 1. The van der Waals surface area contributed by atoms with Gasteiger partial charge >= 0.3 is 0 Å². The standard InChI is InChI=1S/C47H40N6/c1-48-46(39-30-28-38(29-31-39)36-16-6-3-7-17-36)52-47-51-43-21-11-13-23-45(43)53(47)44-22-12-9-19-41(44)40-18-8-10-20-42(40)50-33-49-32-34-24-26-37(27-25-34)35-14-4-2-5-15-35/h2-10,12-20,22-24,26-31,33-34H,1,11,21,25,32H2,(H,49,50)/b52-46-. The molecule has 8 rings (SSSR count). The summed E-state index contributed by atoms with van der Waals surface area (Å²) in [5.41, 5.74) is 11.8. The first kappa shape index (κ1) is 33.5. The van der Waals surface area contributed by atoms with Crippen molar-refractivity contribution in [2.75, 3.05) is 11.9 Å². The molecule has 53 heavy (non-hydrogen) atoms. The van der Waals surface area contributed by atoms with Gasteiger partial charge in [-0.1, -0.05) is 146 Å². The van der Waals surface area contributed by atoms with Crippen molar-refractivity contribution in [3.63, 3.8) is 0 Å². The molecule has 0 saturated heterocycles. The minimum absolute atomic E-state index is 0.368. The van der Waals surface area contributed by atoms with Gasteiger partial charge in [0, 0.05) is 34.8 Å². The van der Waals surface area contributed by atoms with E-state index >= 15 is 0 Å². The second-order valence-electron chi connectivity index (χ2n) is 13.1. The van der Waals surface area contributed by atoms with E-state index in [9.17, 15) is 0 Å².